The van der Waals surface area contributed by atoms with Gasteiger partial charge in [-0.3, -0.25) is 4.79 Å². The first-order chi connectivity index (χ1) is 17.0. The molecule has 0 unspecified atom stereocenters. The fourth-order valence-electron chi connectivity index (χ4n) is 3.85. The van der Waals surface area contributed by atoms with Gasteiger partial charge in [0.1, 0.15) is 33.8 Å². The Balaban J connectivity index is 1.70. The second kappa shape index (κ2) is 9.33. The number of fused-ring (bicyclic) bond motifs is 1. The van der Waals surface area contributed by atoms with Crippen molar-refractivity contribution in [2.45, 2.75) is 13.5 Å². The third-order valence-corrected chi connectivity index (χ3v) is 6.67. The highest BCUT2D eigenvalue weighted by Crippen LogP contribution is 2.44. The first-order valence-corrected chi connectivity index (χ1v) is 11.7. The summed E-state index contributed by atoms with van der Waals surface area (Å²) in [6.45, 7) is 2.24. The molecule has 0 saturated heterocycles. The number of carbonyl (C=O) groups excluding carboxylic acids is 1. The van der Waals surface area contributed by atoms with Gasteiger partial charge in [-0.1, -0.05) is 48.0 Å². The van der Waals surface area contributed by atoms with Gasteiger partial charge in [-0.2, -0.15) is 5.26 Å². The molecule has 3 aromatic heterocycles. The number of rotatable bonds is 6. The van der Waals surface area contributed by atoms with Gasteiger partial charge in [0, 0.05) is 11.3 Å². The summed E-state index contributed by atoms with van der Waals surface area (Å²) < 4.78 is 6.06. The normalized spacial score (nSPS) is 10.7. The van der Waals surface area contributed by atoms with Gasteiger partial charge in [-0.15, -0.1) is 11.3 Å². The predicted octanol–water partition coefficient (Wildman–Crippen LogP) is 5.99. The van der Waals surface area contributed by atoms with Gasteiger partial charge in [0.25, 0.3) is 5.91 Å². The van der Waals surface area contributed by atoms with Gasteiger partial charge in [-0.05, 0) is 36.8 Å². The number of nitrogens with one attached hydrogen (secondary N) is 2. The average Bonchev–Trinajstić information content (AvgIpc) is 3.51. The van der Waals surface area contributed by atoms with Crippen molar-refractivity contribution in [1.82, 2.24) is 10.3 Å². The molecule has 0 atom stereocenters. The van der Waals surface area contributed by atoms with Crippen LogP contribution in [0.1, 0.15) is 27.2 Å². The SMILES string of the molecule is Cc1ccc(Nc2sc3c(-c4ccccc4)c(C#N)c(N)nc3c2C(=O)NCc2ccco2)cc1. The van der Waals surface area contributed by atoms with Gasteiger partial charge in [0.2, 0.25) is 0 Å². The summed E-state index contributed by atoms with van der Waals surface area (Å²) in [5.74, 6) is 0.395. The Bertz CT molecular complexity index is 1550. The minimum absolute atomic E-state index is 0.0821. The largest absolute Gasteiger partial charge is 0.467 e. The lowest BCUT2D eigenvalue weighted by molar-refractivity contribution is 0.0950. The average molecular weight is 480 g/mol. The monoisotopic (exact) mass is 479 g/mol. The molecule has 0 bridgehead atoms. The van der Waals surface area contributed by atoms with Gasteiger partial charge >= 0.3 is 0 Å². The Morgan fingerprint density at radius 2 is 1.89 bits per heavy atom. The fraction of sp³-hybridized carbons (Fsp3) is 0.0741. The summed E-state index contributed by atoms with van der Waals surface area (Å²) >= 11 is 1.37. The number of thiophene rings is 1. The third kappa shape index (κ3) is 4.33. The van der Waals surface area contributed by atoms with Crippen LogP contribution in [-0.2, 0) is 6.54 Å². The van der Waals surface area contributed by atoms with E-state index >= 15 is 0 Å². The summed E-state index contributed by atoms with van der Waals surface area (Å²) in [5, 5.41) is 16.8. The van der Waals surface area contributed by atoms with Crippen LogP contribution < -0.4 is 16.4 Å². The molecule has 4 N–H and O–H groups in total. The Kier molecular flexibility index (Phi) is 5.92. The molecule has 1 amide bonds. The minimum atomic E-state index is -0.321. The lowest BCUT2D eigenvalue weighted by Gasteiger charge is -2.10. The zero-order valence-corrected chi connectivity index (χ0v) is 19.6. The molecule has 2 aromatic carbocycles. The van der Waals surface area contributed by atoms with E-state index in [0.29, 0.717) is 32.1 Å². The second-order valence-corrected chi connectivity index (χ2v) is 8.98. The highest BCUT2D eigenvalue weighted by atomic mass is 32.1. The number of nitrogens with two attached hydrogens (primary N) is 1. The number of carbonyl (C=O) groups is 1. The van der Waals surface area contributed by atoms with E-state index in [0.717, 1.165) is 16.8 Å². The van der Waals surface area contributed by atoms with Crippen LogP contribution >= 0.6 is 11.3 Å². The molecule has 0 saturated carbocycles. The molecule has 7 nitrogen and oxygen atoms in total. The van der Waals surface area contributed by atoms with Crippen LogP contribution in [-0.4, -0.2) is 10.9 Å². The Morgan fingerprint density at radius 1 is 1.11 bits per heavy atom. The number of nitriles is 1. The van der Waals surface area contributed by atoms with E-state index in [1.54, 1.807) is 18.4 Å². The zero-order chi connectivity index (χ0) is 24.4. The van der Waals surface area contributed by atoms with E-state index in [9.17, 15) is 10.1 Å². The van der Waals surface area contributed by atoms with E-state index in [2.05, 4.69) is 21.7 Å². The van der Waals surface area contributed by atoms with Crippen LogP contribution in [0.2, 0.25) is 0 Å². The van der Waals surface area contributed by atoms with E-state index < -0.39 is 0 Å². The molecule has 0 aliphatic carbocycles. The van der Waals surface area contributed by atoms with Crippen molar-refractivity contribution in [3.05, 3.63) is 95.4 Å². The number of amides is 1. The van der Waals surface area contributed by atoms with Gasteiger partial charge in [0.15, 0.2) is 0 Å². The first kappa shape index (κ1) is 22.2. The topological polar surface area (TPSA) is 117 Å². The number of nitrogen functional groups attached to an aromatic ring is 1. The number of benzene rings is 2. The van der Waals surface area contributed by atoms with E-state index in [1.165, 1.54) is 11.3 Å². The van der Waals surface area contributed by atoms with Crippen molar-refractivity contribution >= 4 is 44.0 Å². The van der Waals surface area contributed by atoms with Crippen molar-refractivity contribution < 1.29 is 9.21 Å². The number of hydrogen-bond acceptors (Lipinski definition) is 7. The first-order valence-electron chi connectivity index (χ1n) is 10.9. The third-order valence-electron chi connectivity index (χ3n) is 5.56. The molecule has 3 heterocycles. The molecule has 0 radical (unpaired) electrons. The van der Waals surface area contributed by atoms with E-state index in [1.807, 2.05) is 61.5 Å². The van der Waals surface area contributed by atoms with Crippen LogP contribution in [0.5, 0.6) is 0 Å². The van der Waals surface area contributed by atoms with Crippen molar-refractivity contribution in [2.75, 3.05) is 11.1 Å². The van der Waals surface area contributed by atoms with Crippen LogP contribution in [0.3, 0.4) is 0 Å². The lowest BCUT2D eigenvalue weighted by atomic mass is 10.00. The van der Waals surface area contributed by atoms with Crippen molar-refractivity contribution in [1.29, 1.82) is 5.26 Å². The zero-order valence-electron chi connectivity index (χ0n) is 18.8. The molecular weight excluding hydrogens is 458 g/mol. The summed E-state index contributed by atoms with van der Waals surface area (Å²) in [4.78, 5) is 18.0. The molecule has 5 rings (SSSR count). The number of nitrogens with zero attached hydrogens (tertiary/aromatic N) is 2. The Labute approximate surface area is 205 Å². The van der Waals surface area contributed by atoms with Crippen molar-refractivity contribution in [3.8, 4) is 17.2 Å². The molecule has 0 spiro atoms. The smallest absolute Gasteiger partial charge is 0.256 e. The maximum Gasteiger partial charge on any atom is 0.256 e. The highest BCUT2D eigenvalue weighted by molar-refractivity contribution is 7.24. The van der Waals surface area contributed by atoms with Gasteiger partial charge in [0.05, 0.1) is 23.0 Å². The highest BCUT2D eigenvalue weighted by Gasteiger charge is 2.26. The maximum absolute atomic E-state index is 13.5. The number of aryl methyl sites for hydroxylation is 1. The molecule has 8 heteroatoms. The minimum Gasteiger partial charge on any atom is -0.467 e. The van der Waals surface area contributed by atoms with Crippen LogP contribution in [0.4, 0.5) is 16.5 Å². The molecule has 5 aromatic rings. The standard InChI is InChI=1S/C27H21N5O2S/c1-16-9-11-18(12-10-16)31-27-22(26(33)30-15-19-8-5-13-34-19)23-24(35-27)21(17-6-3-2-4-7-17)20(14-28)25(29)32-23/h2-13,31H,15H2,1H3,(H2,29,32)(H,30,33). The molecule has 35 heavy (non-hydrogen) atoms. The number of hydrogen-bond donors (Lipinski definition) is 3. The Hall–Kier alpha value is -4.61. The van der Waals surface area contributed by atoms with Crippen molar-refractivity contribution in [3.63, 3.8) is 0 Å². The number of anilines is 3. The summed E-state index contributed by atoms with van der Waals surface area (Å²) in [6, 6.07) is 23.2. The van der Waals surface area contributed by atoms with Crippen LogP contribution in [0.15, 0.2) is 77.4 Å². The molecule has 0 fully saturated rings. The lowest BCUT2D eigenvalue weighted by Crippen LogP contribution is -2.23. The van der Waals surface area contributed by atoms with Crippen LogP contribution in [0.25, 0.3) is 21.3 Å². The molecule has 0 aliphatic heterocycles. The molecule has 172 valence electrons. The quantitative estimate of drug-likeness (QED) is 0.275. The summed E-state index contributed by atoms with van der Waals surface area (Å²) in [6.07, 6.45) is 1.56. The van der Waals surface area contributed by atoms with E-state index in [4.69, 9.17) is 10.2 Å². The number of furan rings is 1. The molecular formula is C27H21N5O2S. The second-order valence-electron chi connectivity index (χ2n) is 7.96. The van der Waals surface area contributed by atoms with Gasteiger partial charge in [-0.25, -0.2) is 4.98 Å². The fourth-order valence-corrected chi connectivity index (χ4v) is 5.08. The van der Waals surface area contributed by atoms with Crippen molar-refractivity contribution in [2.24, 2.45) is 0 Å². The van der Waals surface area contributed by atoms with E-state index in [-0.39, 0.29) is 23.8 Å². The number of pyridine rings is 1. The predicted molar refractivity (Wildman–Crippen MR) is 139 cm³/mol. The summed E-state index contributed by atoms with van der Waals surface area (Å²) in [7, 11) is 0. The number of aromatic nitrogens is 1. The maximum atomic E-state index is 13.5. The van der Waals surface area contributed by atoms with Crippen LogP contribution in [0, 0.1) is 18.3 Å². The Morgan fingerprint density at radius 3 is 2.57 bits per heavy atom. The molecule has 0 aliphatic rings. The van der Waals surface area contributed by atoms with Gasteiger partial charge < -0.3 is 20.8 Å². The summed E-state index contributed by atoms with van der Waals surface area (Å²) in [5.41, 5.74) is 10.8.